The van der Waals surface area contributed by atoms with Crippen LogP contribution in [0.3, 0.4) is 0 Å². The van der Waals surface area contributed by atoms with Crippen LogP contribution >= 0.6 is 15.9 Å². The van der Waals surface area contributed by atoms with Crippen molar-refractivity contribution in [2.75, 3.05) is 27.3 Å². The SMILES string of the molecule is CCc1noc(CN(C)C(=O)c2cc(S(=O)(=O)NCCOC)ccc2Br)n1. The Bertz CT molecular complexity index is 900. The van der Waals surface area contributed by atoms with Gasteiger partial charge in [0.25, 0.3) is 5.91 Å². The molecule has 9 nitrogen and oxygen atoms in total. The van der Waals surface area contributed by atoms with E-state index in [9.17, 15) is 13.2 Å². The summed E-state index contributed by atoms with van der Waals surface area (Å²) in [6, 6.07) is 4.26. The number of hydrogen-bond donors (Lipinski definition) is 1. The average molecular weight is 461 g/mol. The Hall–Kier alpha value is -1.82. The molecule has 0 saturated heterocycles. The molecule has 27 heavy (non-hydrogen) atoms. The highest BCUT2D eigenvalue weighted by Crippen LogP contribution is 2.23. The molecule has 1 N–H and O–H groups in total. The van der Waals surface area contributed by atoms with E-state index in [1.807, 2.05) is 6.92 Å². The normalized spacial score (nSPS) is 11.6. The van der Waals surface area contributed by atoms with Crippen molar-refractivity contribution in [2.45, 2.75) is 24.8 Å². The number of hydrogen-bond acceptors (Lipinski definition) is 7. The van der Waals surface area contributed by atoms with Crippen molar-refractivity contribution in [1.29, 1.82) is 0 Å². The van der Waals surface area contributed by atoms with E-state index in [1.54, 1.807) is 7.05 Å². The number of aromatic nitrogens is 2. The van der Waals surface area contributed by atoms with E-state index in [4.69, 9.17) is 9.26 Å². The van der Waals surface area contributed by atoms with E-state index in [0.29, 0.717) is 22.6 Å². The number of rotatable bonds is 9. The first-order chi connectivity index (χ1) is 12.8. The fourth-order valence-electron chi connectivity index (χ4n) is 2.18. The number of nitrogens with zero attached hydrogens (tertiary/aromatic N) is 3. The first kappa shape index (κ1) is 21.5. The lowest BCUT2D eigenvalue weighted by molar-refractivity contribution is 0.0768. The van der Waals surface area contributed by atoms with Crippen LogP contribution in [0.2, 0.25) is 0 Å². The Morgan fingerprint density at radius 2 is 2.15 bits per heavy atom. The topological polar surface area (TPSA) is 115 Å². The number of ether oxygens (including phenoxy) is 1. The predicted octanol–water partition coefficient (Wildman–Crippen LogP) is 1.59. The number of benzene rings is 1. The third-order valence-corrected chi connectivity index (χ3v) is 5.77. The first-order valence-electron chi connectivity index (χ1n) is 8.13. The van der Waals surface area contributed by atoms with Gasteiger partial charge in [-0.3, -0.25) is 4.79 Å². The van der Waals surface area contributed by atoms with Crippen molar-refractivity contribution in [2.24, 2.45) is 0 Å². The molecule has 1 aromatic heterocycles. The number of amides is 1. The molecular weight excluding hydrogens is 440 g/mol. The van der Waals surface area contributed by atoms with Gasteiger partial charge >= 0.3 is 0 Å². The summed E-state index contributed by atoms with van der Waals surface area (Å²) in [6.45, 7) is 2.39. The van der Waals surface area contributed by atoms with Crippen LogP contribution in [0, 0.1) is 0 Å². The number of halogens is 1. The number of sulfonamides is 1. The van der Waals surface area contributed by atoms with Crippen LogP contribution in [0.4, 0.5) is 0 Å². The molecule has 1 amide bonds. The summed E-state index contributed by atoms with van der Waals surface area (Å²) < 4.78 is 37.5. The summed E-state index contributed by atoms with van der Waals surface area (Å²) in [5.74, 6) is 0.484. The summed E-state index contributed by atoms with van der Waals surface area (Å²) in [6.07, 6.45) is 0.628. The van der Waals surface area contributed by atoms with Gasteiger partial charge < -0.3 is 14.2 Å². The predicted molar refractivity (Wildman–Crippen MR) is 101 cm³/mol. The lowest BCUT2D eigenvalue weighted by atomic mass is 10.2. The van der Waals surface area contributed by atoms with Crippen LogP contribution in [0.1, 0.15) is 29.0 Å². The lowest BCUT2D eigenvalue weighted by Gasteiger charge is -2.16. The minimum Gasteiger partial charge on any atom is -0.383 e. The zero-order valence-corrected chi connectivity index (χ0v) is 17.6. The maximum atomic E-state index is 12.8. The molecule has 0 fully saturated rings. The second kappa shape index (κ2) is 9.40. The van der Waals surface area contributed by atoms with E-state index in [1.165, 1.54) is 30.2 Å². The Morgan fingerprint density at radius 1 is 1.41 bits per heavy atom. The van der Waals surface area contributed by atoms with Crippen molar-refractivity contribution in [3.05, 3.63) is 40.0 Å². The zero-order valence-electron chi connectivity index (χ0n) is 15.2. The number of carbonyl (C=O) groups is 1. The van der Waals surface area contributed by atoms with E-state index < -0.39 is 10.0 Å². The summed E-state index contributed by atoms with van der Waals surface area (Å²) in [4.78, 5) is 18.3. The highest BCUT2D eigenvalue weighted by molar-refractivity contribution is 9.10. The molecule has 0 aliphatic heterocycles. The molecular formula is C16H21BrN4O5S. The molecule has 0 spiro atoms. The van der Waals surface area contributed by atoms with E-state index in [-0.39, 0.29) is 36.1 Å². The summed E-state index contributed by atoms with van der Waals surface area (Å²) in [7, 11) is -0.701. The minimum atomic E-state index is -3.75. The maximum absolute atomic E-state index is 12.8. The van der Waals surface area contributed by atoms with Gasteiger partial charge in [-0.1, -0.05) is 12.1 Å². The van der Waals surface area contributed by atoms with E-state index in [0.717, 1.165) is 0 Å². The molecule has 0 radical (unpaired) electrons. The Kier molecular flexibility index (Phi) is 7.48. The molecule has 0 unspecified atom stereocenters. The van der Waals surface area contributed by atoms with Crippen molar-refractivity contribution in [1.82, 2.24) is 19.8 Å². The van der Waals surface area contributed by atoms with Crippen molar-refractivity contribution in [3.63, 3.8) is 0 Å². The largest absolute Gasteiger partial charge is 0.383 e. The van der Waals surface area contributed by atoms with Gasteiger partial charge in [0.15, 0.2) is 5.82 Å². The van der Waals surface area contributed by atoms with Gasteiger partial charge in [0.2, 0.25) is 15.9 Å². The molecule has 0 atom stereocenters. The highest BCUT2D eigenvalue weighted by Gasteiger charge is 2.21. The maximum Gasteiger partial charge on any atom is 0.255 e. The molecule has 0 aliphatic carbocycles. The van der Waals surface area contributed by atoms with Gasteiger partial charge in [-0.2, -0.15) is 4.98 Å². The van der Waals surface area contributed by atoms with Crippen LogP contribution in [0.25, 0.3) is 0 Å². The van der Waals surface area contributed by atoms with Crippen LogP contribution < -0.4 is 4.72 Å². The third kappa shape index (κ3) is 5.58. The van der Waals surface area contributed by atoms with Crippen molar-refractivity contribution in [3.8, 4) is 0 Å². The Balaban J connectivity index is 2.19. The fourth-order valence-corrected chi connectivity index (χ4v) is 3.63. The minimum absolute atomic E-state index is 0.00962. The van der Waals surface area contributed by atoms with Crippen LogP contribution in [-0.4, -0.2) is 56.7 Å². The van der Waals surface area contributed by atoms with Gasteiger partial charge in [-0.15, -0.1) is 0 Å². The summed E-state index contributed by atoms with van der Waals surface area (Å²) in [5.41, 5.74) is 0.211. The van der Waals surface area contributed by atoms with Gasteiger partial charge in [0.05, 0.1) is 23.6 Å². The number of methoxy groups -OCH3 is 1. The van der Waals surface area contributed by atoms with Crippen LogP contribution in [0.5, 0.6) is 0 Å². The van der Waals surface area contributed by atoms with Gasteiger partial charge in [-0.05, 0) is 34.1 Å². The monoisotopic (exact) mass is 460 g/mol. The lowest BCUT2D eigenvalue weighted by Crippen LogP contribution is -2.29. The molecule has 0 aliphatic rings. The number of carbonyl (C=O) groups excluding carboxylic acids is 1. The Labute approximate surface area is 166 Å². The second-order valence-corrected chi connectivity index (χ2v) is 8.27. The van der Waals surface area contributed by atoms with Crippen molar-refractivity contribution < 1.29 is 22.5 Å². The quantitative estimate of drug-likeness (QED) is 0.564. The van der Waals surface area contributed by atoms with E-state index in [2.05, 4.69) is 30.8 Å². The second-order valence-electron chi connectivity index (χ2n) is 5.65. The van der Waals surface area contributed by atoms with Gasteiger partial charge in [0, 0.05) is 31.6 Å². The Morgan fingerprint density at radius 3 is 2.78 bits per heavy atom. The van der Waals surface area contributed by atoms with E-state index >= 15 is 0 Å². The first-order valence-corrected chi connectivity index (χ1v) is 10.4. The molecule has 0 saturated carbocycles. The standard InChI is InChI=1S/C16H21BrN4O5S/c1-4-14-19-15(26-20-14)10-21(2)16(22)12-9-11(5-6-13(12)17)27(23,24)18-7-8-25-3/h5-6,9,18H,4,7-8,10H2,1-3H3. The average Bonchev–Trinajstić information content (AvgIpc) is 3.09. The molecule has 2 rings (SSSR count). The highest BCUT2D eigenvalue weighted by atomic mass is 79.9. The third-order valence-electron chi connectivity index (χ3n) is 3.62. The van der Waals surface area contributed by atoms with Gasteiger partial charge in [-0.25, -0.2) is 13.1 Å². The van der Waals surface area contributed by atoms with Crippen LogP contribution in [0.15, 0.2) is 32.1 Å². The summed E-state index contributed by atoms with van der Waals surface area (Å²) >= 11 is 3.30. The molecule has 0 bridgehead atoms. The molecule has 2 aromatic rings. The van der Waals surface area contributed by atoms with Gasteiger partial charge in [0.1, 0.15) is 0 Å². The zero-order chi connectivity index (χ0) is 20.0. The van der Waals surface area contributed by atoms with Crippen molar-refractivity contribution >= 4 is 31.9 Å². The molecule has 11 heteroatoms. The smallest absolute Gasteiger partial charge is 0.255 e. The molecule has 148 valence electrons. The summed E-state index contributed by atoms with van der Waals surface area (Å²) in [5, 5.41) is 3.79. The molecule has 1 heterocycles. The number of aryl methyl sites for hydroxylation is 1. The fraction of sp³-hybridized carbons (Fsp3) is 0.438. The molecule has 1 aromatic carbocycles. The number of nitrogens with one attached hydrogen (secondary N) is 1. The van der Waals surface area contributed by atoms with Crippen LogP contribution in [-0.2, 0) is 27.7 Å².